The Morgan fingerprint density at radius 3 is 2.61 bits per heavy atom. The fourth-order valence-electron chi connectivity index (χ4n) is 3.33. The average Bonchev–Trinajstić information content (AvgIpc) is 2.44. The zero-order valence-electron chi connectivity index (χ0n) is 15.0. The van der Waals surface area contributed by atoms with E-state index in [0.29, 0.717) is 5.92 Å². The molecular formula is C18H36. The molecule has 0 amide bonds. The molecule has 18 heavy (non-hydrogen) atoms. The topological polar surface area (TPSA) is 0 Å². The van der Waals surface area contributed by atoms with Gasteiger partial charge in [-0.2, -0.15) is 0 Å². The van der Waals surface area contributed by atoms with Crippen LogP contribution in [0.3, 0.4) is 0 Å². The van der Waals surface area contributed by atoms with Crippen LogP contribution in [-0.2, 0) is 0 Å². The van der Waals surface area contributed by atoms with Crippen LogP contribution < -0.4 is 0 Å². The van der Waals surface area contributed by atoms with Crippen molar-refractivity contribution in [1.82, 2.24) is 0 Å². The van der Waals surface area contributed by atoms with Crippen LogP contribution in [0, 0.1) is 17.7 Å². The first-order valence-electron chi connectivity index (χ1n) is 9.55. The summed E-state index contributed by atoms with van der Waals surface area (Å²) in [6, 6.07) is 0. The Morgan fingerprint density at radius 1 is 1.17 bits per heavy atom. The van der Waals surface area contributed by atoms with Crippen LogP contribution in [0.1, 0.15) is 101 Å². The van der Waals surface area contributed by atoms with E-state index >= 15 is 0 Å². The highest BCUT2D eigenvalue weighted by Gasteiger charge is 2.26. The highest BCUT2D eigenvalue weighted by molar-refractivity contribution is 4.77. The molecule has 1 saturated carbocycles. The van der Waals surface area contributed by atoms with Crippen molar-refractivity contribution in [2.75, 3.05) is 0 Å². The molecule has 0 aliphatic heterocycles. The van der Waals surface area contributed by atoms with Crippen LogP contribution in [0.5, 0.6) is 0 Å². The maximum Gasteiger partial charge on any atom is 0.0306 e. The second-order valence-corrected chi connectivity index (χ2v) is 6.18. The number of unbranched alkanes of at least 4 members (excludes halogenated alkanes) is 2. The molecule has 4 atom stereocenters. The van der Waals surface area contributed by atoms with E-state index in [1.165, 1.54) is 44.9 Å². The number of hydrogen-bond acceptors (Lipinski definition) is 0. The predicted octanol–water partition coefficient (Wildman–Crippen LogP) is 6.59. The molecule has 0 saturated heterocycles. The van der Waals surface area contributed by atoms with Crippen LogP contribution in [0.4, 0.5) is 0 Å². The lowest BCUT2D eigenvalue weighted by molar-refractivity contribution is 0.176. The van der Waals surface area contributed by atoms with Crippen molar-refractivity contribution in [3.63, 3.8) is 0 Å². The fourth-order valence-corrected chi connectivity index (χ4v) is 3.33. The molecule has 4 unspecified atom stereocenters. The van der Waals surface area contributed by atoms with E-state index in [2.05, 4.69) is 20.8 Å². The van der Waals surface area contributed by atoms with Crippen LogP contribution in [-0.4, -0.2) is 0 Å². The van der Waals surface area contributed by atoms with Gasteiger partial charge in [0.1, 0.15) is 0 Å². The van der Waals surface area contributed by atoms with Crippen molar-refractivity contribution in [2.45, 2.75) is 97.8 Å². The summed E-state index contributed by atoms with van der Waals surface area (Å²) in [5.74, 6) is 0.995. The Hall–Kier alpha value is 0. The summed E-state index contributed by atoms with van der Waals surface area (Å²) in [5.41, 5.74) is 0. The van der Waals surface area contributed by atoms with Gasteiger partial charge in [-0.1, -0.05) is 91.4 Å². The molecule has 0 aromatic carbocycles. The fraction of sp³-hybridized carbons (Fsp3) is 1.00. The van der Waals surface area contributed by atoms with Gasteiger partial charge in [-0.25, -0.2) is 0 Å². The second kappa shape index (κ2) is 9.87. The minimum atomic E-state index is -0.221. The van der Waals surface area contributed by atoms with Gasteiger partial charge < -0.3 is 0 Å². The van der Waals surface area contributed by atoms with Gasteiger partial charge in [0.25, 0.3) is 0 Å². The maximum absolute atomic E-state index is 9.03. The molecule has 1 aliphatic carbocycles. The molecule has 0 aromatic rings. The van der Waals surface area contributed by atoms with E-state index in [4.69, 9.17) is 2.74 Å². The minimum Gasteiger partial charge on any atom is -0.0654 e. The summed E-state index contributed by atoms with van der Waals surface area (Å²) >= 11 is 0. The van der Waals surface area contributed by atoms with Crippen molar-refractivity contribution in [1.29, 1.82) is 0 Å². The third kappa shape index (κ3) is 5.76. The van der Waals surface area contributed by atoms with E-state index in [1.54, 1.807) is 0 Å². The average molecular weight is 254 g/mol. The van der Waals surface area contributed by atoms with Gasteiger partial charge in [-0.05, 0) is 24.2 Å². The third-order valence-corrected chi connectivity index (χ3v) is 4.70. The summed E-state index contributed by atoms with van der Waals surface area (Å²) in [6.45, 7) is 6.79. The van der Waals surface area contributed by atoms with Gasteiger partial charge in [0.2, 0.25) is 0 Å². The first-order chi connectivity index (χ1) is 9.55. The summed E-state index contributed by atoms with van der Waals surface area (Å²) < 4.78 is 17.1. The van der Waals surface area contributed by atoms with Gasteiger partial charge in [0, 0.05) is 2.74 Å². The minimum absolute atomic E-state index is 0.103. The third-order valence-electron chi connectivity index (χ3n) is 4.70. The van der Waals surface area contributed by atoms with Crippen LogP contribution in [0.2, 0.25) is 0 Å². The molecule has 108 valence electrons. The zero-order chi connectivity index (χ0) is 15.0. The monoisotopic (exact) mass is 254 g/mol. The van der Waals surface area contributed by atoms with Gasteiger partial charge in [0.15, 0.2) is 0 Å². The van der Waals surface area contributed by atoms with Gasteiger partial charge >= 0.3 is 0 Å². The van der Waals surface area contributed by atoms with Gasteiger partial charge in [-0.15, -0.1) is 0 Å². The van der Waals surface area contributed by atoms with Crippen molar-refractivity contribution < 1.29 is 2.74 Å². The van der Waals surface area contributed by atoms with E-state index < -0.39 is 0 Å². The molecule has 1 rings (SSSR count). The van der Waals surface area contributed by atoms with Crippen molar-refractivity contribution in [3.05, 3.63) is 0 Å². The first kappa shape index (κ1) is 13.0. The van der Waals surface area contributed by atoms with E-state index in [1.807, 2.05) is 0 Å². The van der Waals surface area contributed by atoms with E-state index in [9.17, 15) is 0 Å². The highest BCUT2D eigenvalue weighted by atomic mass is 14.3. The van der Waals surface area contributed by atoms with E-state index in [-0.39, 0.29) is 12.3 Å². The largest absolute Gasteiger partial charge is 0.0654 e. The Labute approximate surface area is 119 Å². The van der Waals surface area contributed by atoms with Crippen molar-refractivity contribution in [2.24, 2.45) is 17.7 Å². The van der Waals surface area contributed by atoms with Crippen LogP contribution in [0.25, 0.3) is 0 Å². The SMILES string of the molecule is [2H]C1CCC([2H])(CC(CC)CCCC)C(CCCC)C1. The molecule has 0 N–H and O–H groups in total. The first-order valence-corrected chi connectivity index (χ1v) is 8.47. The number of hydrogen-bond donors (Lipinski definition) is 0. The molecule has 0 bridgehead atoms. The molecule has 0 spiro atoms. The number of rotatable bonds is 9. The molecule has 0 heteroatoms. The standard InChI is InChI=1S/C18H36/c1-4-7-11-16(6-3)15-18-14-10-9-13-17(18)12-8-5-2/h16-18H,4-15H2,1-3H3/i9D,18D. The quantitative estimate of drug-likeness (QED) is 0.435. The second-order valence-electron chi connectivity index (χ2n) is 6.18. The summed E-state index contributed by atoms with van der Waals surface area (Å²) in [6.07, 6.45) is 12.9. The Bertz CT molecular complexity index is 254. The molecular weight excluding hydrogens is 216 g/mol. The molecule has 1 aliphatic rings. The zero-order valence-corrected chi connectivity index (χ0v) is 13.0. The molecule has 0 aromatic heterocycles. The Kier molecular flexibility index (Phi) is 7.13. The van der Waals surface area contributed by atoms with Crippen molar-refractivity contribution >= 4 is 0 Å². The molecule has 0 heterocycles. The lowest BCUT2D eigenvalue weighted by Gasteiger charge is -2.34. The van der Waals surface area contributed by atoms with E-state index in [0.717, 1.165) is 31.6 Å². The molecule has 0 nitrogen and oxygen atoms in total. The predicted molar refractivity (Wildman–Crippen MR) is 82.9 cm³/mol. The molecule has 0 radical (unpaired) electrons. The van der Waals surface area contributed by atoms with Gasteiger partial charge in [0.05, 0.1) is 0 Å². The summed E-state index contributed by atoms with van der Waals surface area (Å²) in [7, 11) is 0. The summed E-state index contributed by atoms with van der Waals surface area (Å²) in [4.78, 5) is 0. The van der Waals surface area contributed by atoms with Crippen LogP contribution in [0.15, 0.2) is 0 Å². The summed E-state index contributed by atoms with van der Waals surface area (Å²) in [5, 5.41) is 0. The molecule has 1 fully saturated rings. The normalized spacial score (nSPS) is 35.9. The van der Waals surface area contributed by atoms with Crippen LogP contribution >= 0.6 is 0 Å². The Morgan fingerprint density at radius 2 is 1.94 bits per heavy atom. The van der Waals surface area contributed by atoms with Gasteiger partial charge in [-0.3, -0.25) is 0 Å². The Balaban J connectivity index is 2.63. The maximum atomic E-state index is 9.03. The van der Waals surface area contributed by atoms with Crippen molar-refractivity contribution in [3.8, 4) is 0 Å². The lowest BCUT2D eigenvalue weighted by Crippen LogP contribution is -2.22. The lowest BCUT2D eigenvalue weighted by atomic mass is 9.72. The highest BCUT2D eigenvalue weighted by Crippen LogP contribution is 2.38. The smallest absolute Gasteiger partial charge is 0.0306 e.